The average Bonchev–Trinajstić information content (AvgIpc) is 3.60. The van der Waals surface area contributed by atoms with E-state index in [0.29, 0.717) is 32.0 Å². The van der Waals surface area contributed by atoms with E-state index in [0.717, 1.165) is 45.4 Å². The summed E-state index contributed by atoms with van der Waals surface area (Å²) in [4.78, 5) is 18.0. The van der Waals surface area contributed by atoms with Crippen molar-refractivity contribution in [3.05, 3.63) is 118 Å². The Morgan fingerprint density at radius 3 is 2.20 bits per heavy atom. The summed E-state index contributed by atoms with van der Waals surface area (Å²) in [5, 5.41) is 13.4. The predicted octanol–water partition coefficient (Wildman–Crippen LogP) is 7.21. The Kier molecular flexibility index (Phi) is 8.90. The molecule has 5 aromatic rings. The van der Waals surface area contributed by atoms with Gasteiger partial charge in [0.1, 0.15) is 23.0 Å². The number of hydrogen-bond donors (Lipinski definition) is 1. The topological polar surface area (TPSA) is 85.0 Å². The second kappa shape index (κ2) is 13.1. The number of aliphatic carboxylic acids is 1. The van der Waals surface area contributed by atoms with E-state index in [4.69, 9.17) is 13.9 Å². The monoisotopic (exact) mass is 554 g/mol. The number of benzene rings is 3. The van der Waals surface area contributed by atoms with Gasteiger partial charge in [-0.2, -0.15) is 0 Å². The number of nitrogens with zero attached hydrogens (tertiary/aromatic N) is 2. The second-order valence-corrected chi connectivity index (χ2v) is 10.2. The van der Waals surface area contributed by atoms with Crippen molar-refractivity contribution in [1.82, 2.24) is 9.88 Å². The summed E-state index contributed by atoms with van der Waals surface area (Å²) in [5.41, 5.74) is 3.85. The maximum Gasteiger partial charge on any atom is 0.317 e. The molecule has 0 aliphatic rings. The first-order valence-electron chi connectivity index (χ1n) is 13.0. The molecule has 40 heavy (non-hydrogen) atoms. The largest absolute Gasteiger partial charge is 0.493 e. The Balaban J connectivity index is 1.13. The Morgan fingerprint density at radius 1 is 0.900 bits per heavy atom. The molecule has 0 atom stereocenters. The van der Waals surface area contributed by atoms with Crippen LogP contribution in [0.4, 0.5) is 0 Å². The number of ether oxygens (including phenoxy) is 2. The minimum atomic E-state index is -0.865. The zero-order valence-electron chi connectivity index (χ0n) is 22.2. The highest BCUT2D eigenvalue weighted by Crippen LogP contribution is 2.25. The van der Waals surface area contributed by atoms with Crippen LogP contribution in [0.2, 0.25) is 0 Å². The predicted molar refractivity (Wildman–Crippen MR) is 155 cm³/mol. The quantitative estimate of drug-likeness (QED) is 0.165. The number of carboxylic acids is 1. The SMILES string of the molecule is Cc1oc(-c2ccccc2)nc1CCOc1ccc(CN(CC(=O)O)Cc2ccc(Oc3ccsc3)cc2)cc1. The molecule has 8 heteroatoms. The maximum absolute atomic E-state index is 11.5. The Labute approximate surface area is 237 Å². The molecule has 5 rings (SSSR count). The van der Waals surface area contributed by atoms with Crippen molar-refractivity contribution in [2.24, 2.45) is 0 Å². The number of rotatable bonds is 13. The molecule has 204 valence electrons. The standard InChI is InChI=1S/C32H30N2O5S/c1-23-30(33-32(38-23)26-5-3-2-4-6-26)15-17-37-27-11-7-24(8-12-27)19-34(21-31(35)36)20-25-9-13-28(14-10-25)39-29-16-18-40-22-29/h2-14,16,18,22H,15,17,19-21H2,1H3,(H,35,36). The Hall–Kier alpha value is -4.40. The summed E-state index contributed by atoms with van der Waals surface area (Å²) in [5.74, 6) is 2.85. The van der Waals surface area contributed by atoms with E-state index in [1.54, 1.807) is 11.3 Å². The second-order valence-electron chi connectivity index (χ2n) is 9.37. The van der Waals surface area contributed by atoms with Gasteiger partial charge in [-0.1, -0.05) is 42.5 Å². The third-order valence-corrected chi connectivity index (χ3v) is 6.93. The highest BCUT2D eigenvalue weighted by Gasteiger charge is 2.13. The molecule has 0 fully saturated rings. The molecular weight excluding hydrogens is 524 g/mol. The van der Waals surface area contributed by atoms with Crippen LogP contribution in [-0.4, -0.2) is 34.1 Å². The van der Waals surface area contributed by atoms with Crippen molar-refractivity contribution < 1.29 is 23.8 Å². The average molecular weight is 555 g/mol. The molecule has 2 aromatic heterocycles. The third-order valence-electron chi connectivity index (χ3n) is 6.27. The van der Waals surface area contributed by atoms with Gasteiger partial charge in [0.05, 0.1) is 18.8 Å². The van der Waals surface area contributed by atoms with Crippen molar-refractivity contribution in [2.75, 3.05) is 13.2 Å². The zero-order valence-corrected chi connectivity index (χ0v) is 23.0. The number of aryl methyl sites for hydroxylation is 1. The summed E-state index contributed by atoms with van der Waals surface area (Å²) in [7, 11) is 0. The smallest absolute Gasteiger partial charge is 0.317 e. The third kappa shape index (κ3) is 7.59. The van der Waals surface area contributed by atoms with Gasteiger partial charge >= 0.3 is 5.97 Å². The summed E-state index contributed by atoms with van der Waals surface area (Å²) in [6.45, 7) is 3.33. The van der Waals surface area contributed by atoms with Crippen molar-refractivity contribution in [3.63, 3.8) is 0 Å². The molecule has 7 nitrogen and oxygen atoms in total. The molecule has 0 saturated heterocycles. The van der Waals surface area contributed by atoms with Crippen LogP contribution in [0.3, 0.4) is 0 Å². The lowest BCUT2D eigenvalue weighted by Gasteiger charge is -2.21. The van der Waals surface area contributed by atoms with E-state index < -0.39 is 5.97 Å². The van der Waals surface area contributed by atoms with Gasteiger partial charge in [-0.3, -0.25) is 9.69 Å². The lowest BCUT2D eigenvalue weighted by molar-refractivity contribution is -0.138. The molecule has 0 radical (unpaired) electrons. The minimum absolute atomic E-state index is 0.0621. The first-order chi connectivity index (χ1) is 19.5. The molecule has 0 aliphatic heterocycles. The zero-order chi connectivity index (χ0) is 27.7. The van der Waals surface area contributed by atoms with E-state index >= 15 is 0 Å². The number of aromatic nitrogens is 1. The van der Waals surface area contributed by atoms with Crippen LogP contribution in [0.5, 0.6) is 17.2 Å². The van der Waals surface area contributed by atoms with E-state index in [9.17, 15) is 9.90 Å². The van der Waals surface area contributed by atoms with Crippen LogP contribution >= 0.6 is 11.3 Å². The van der Waals surface area contributed by atoms with Gasteiger partial charge in [-0.15, -0.1) is 11.3 Å². The van der Waals surface area contributed by atoms with Gasteiger partial charge in [-0.05, 0) is 65.9 Å². The van der Waals surface area contributed by atoms with Crippen LogP contribution in [0, 0.1) is 6.92 Å². The molecule has 0 aliphatic carbocycles. The fourth-order valence-corrected chi connectivity index (χ4v) is 4.86. The molecule has 0 saturated carbocycles. The number of hydrogen-bond acceptors (Lipinski definition) is 7. The van der Waals surface area contributed by atoms with Crippen LogP contribution in [0.15, 0.2) is 100 Å². The highest BCUT2D eigenvalue weighted by molar-refractivity contribution is 7.08. The molecular formula is C32H30N2O5S. The van der Waals surface area contributed by atoms with Gasteiger partial charge in [0.25, 0.3) is 0 Å². The summed E-state index contributed by atoms with van der Waals surface area (Å²) >= 11 is 1.58. The van der Waals surface area contributed by atoms with Crippen LogP contribution in [0.25, 0.3) is 11.5 Å². The van der Waals surface area contributed by atoms with Gasteiger partial charge < -0.3 is 19.0 Å². The normalized spacial score (nSPS) is 11.1. The summed E-state index contributed by atoms with van der Waals surface area (Å²) in [6, 6.07) is 27.3. The fraction of sp³-hybridized carbons (Fsp3) is 0.188. The molecule has 1 N–H and O–H groups in total. The van der Waals surface area contributed by atoms with Crippen LogP contribution in [0.1, 0.15) is 22.6 Å². The highest BCUT2D eigenvalue weighted by atomic mass is 32.1. The van der Waals surface area contributed by atoms with Crippen molar-refractivity contribution in [1.29, 1.82) is 0 Å². The van der Waals surface area contributed by atoms with Gasteiger partial charge in [0.2, 0.25) is 5.89 Å². The van der Waals surface area contributed by atoms with Gasteiger partial charge in [0.15, 0.2) is 0 Å². The molecule has 0 bridgehead atoms. The fourth-order valence-electron chi connectivity index (χ4n) is 4.31. The molecule has 0 unspecified atom stereocenters. The minimum Gasteiger partial charge on any atom is -0.493 e. The van der Waals surface area contributed by atoms with Crippen molar-refractivity contribution in [2.45, 2.75) is 26.4 Å². The lowest BCUT2D eigenvalue weighted by atomic mass is 10.1. The number of oxazole rings is 1. The Bertz CT molecular complexity index is 1500. The molecule has 2 heterocycles. The molecule has 0 spiro atoms. The summed E-state index contributed by atoms with van der Waals surface area (Å²) in [6.07, 6.45) is 0.632. The van der Waals surface area contributed by atoms with E-state index in [1.807, 2.05) is 108 Å². The number of carbonyl (C=O) groups is 1. The van der Waals surface area contributed by atoms with Crippen LogP contribution in [-0.2, 0) is 24.3 Å². The number of carboxylic acid groups (broad SMARTS) is 1. The molecule has 3 aromatic carbocycles. The first-order valence-corrected chi connectivity index (χ1v) is 13.9. The summed E-state index contributed by atoms with van der Waals surface area (Å²) < 4.78 is 17.6. The van der Waals surface area contributed by atoms with Crippen molar-refractivity contribution >= 4 is 17.3 Å². The van der Waals surface area contributed by atoms with Crippen LogP contribution < -0.4 is 9.47 Å². The number of thiophene rings is 1. The van der Waals surface area contributed by atoms with Gasteiger partial charge in [0, 0.05) is 30.5 Å². The Morgan fingerprint density at radius 2 is 1.57 bits per heavy atom. The van der Waals surface area contributed by atoms with Crippen molar-refractivity contribution in [3.8, 4) is 28.7 Å². The van der Waals surface area contributed by atoms with E-state index in [1.165, 1.54) is 0 Å². The lowest BCUT2D eigenvalue weighted by Crippen LogP contribution is -2.28. The molecule has 0 amide bonds. The van der Waals surface area contributed by atoms with E-state index in [2.05, 4.69) is 4.98 Å². The van der Waals surface area contributed by atoms with Gasteiger partial charge in [-0.25, -0.2) is 4.98 Å². The maximum atomic E-state index is 11.5. The van der Waals surface area contributed by atoms with E-state index in [-0.39, 0.29) is 6.54 Å². The first kappa shape index (κ1) is 27.2.